The van der Waals surface area contributed by atoms with Crippen LogP contribution in [0.15, 0.2) is 0 Å². The van der Waals surface area contributed by atoms with Crippen LogP contribution in [0.3, 0.4) is 0 Å². The molecule has 2 N–H and O–H groups in total. The first-order chi connectivity index (χ1) is 7.68. The normalized spacial score (nSPS) is 41.2. The van der Waals surface area contributed by atoms with Crippen molar-refractivity contribution in [1.82, 2.24) is 0 Å². The van der Waals surface area contributed by atoms with Crippen molar-refractivity contribution >= 4 is 5.97 Å². The van der Waals surface area contributed by atoms with E-state index in [1.54, 1.807) is 0 Å². The molecule has 0 radical (unpaired) electrons. The lowest BCUT2D eigenvalue weighted by Crippen LogP contribution is -2.38. The number of fused-ring (bicyclic) bond motifs is 1. The first kappa shape index (κ1) is 11.9. The molecular formula is C12H21NO3. The van der Waals surface area contributed by atoms with Crippen LogP contribution in [-0.4, -0.2) is 31.3 Å². The number of carbonyl (C=O) groups excluding carboxylic acids is 1. The van der Waals surface area contributed by atoms with Gasteiger partial charge in [-0.05, 0) is 25.7 Å². The average Bonchev–Trinajstić information content (AvgIpc) is 2.32. The SMILES string of the molecule is CC1OC(=O)[C@@H](N)COC[C@@H]2CCCC[C@@H]12. The van der Waals surface area contributed by atoms with Gasteiger partial charge in [-0.15, -0.1) is 0 Å². The third kappa shape index (κ3) is 2.55. The van der Waals surface area contributed by atoms with Crippen molar-refractivity contribution in [2.24, 2.45) is 17.6 Å². The van der Waals surface area contributed by atoms with Gasteiger partial charge in [-0.1, -0.05) is 12.8 Å². The average molecular weight is 227 g/mol. The molecule has 2 rings (SSSR count). The fraction of sp³-hybridized carbons (Fsp3) is 0.917. The molecule has 0 aromatic carbocycles. The molecule has 16 heavy (non-hydrogen) atoms. The zero-order chi connectivity index (χ0) is 11.5. The summed E-state index contributed by atoms with van der Waals surface area (Å²) in [6.45, 7) is 2.99. The first-order valence-electron chi connectivity index (χ1n) is 6.22. The summed E-state index contributed by atoms with van der Waals surface area (Å²) in [5.74, 6) is 0.656. The maximum absolute atomic E-state index is 11.6. The summed E-state index contributed by atoms with van der Waals surface area (Å²) in [4.78, 5) is 11.6. The van der Waals surface area contributed by atoms with E-state index in [9.17, 15) is 4.79 Å². The summed E-state index contributed by atoms with van der Waals surface area (Å²) in [6, 6.07) is -0.623. The van der Waals surface area contributed by atoms with Crippen molar-refractivity contribution in [1.29, 1.82) is 0 Å². The number of cyclic esters (lactones) is 1. The van der Waals surface area contributed by atoms with E-state index < -0.39 is 6.04 Å². The number of esters is 1. The van der Waals surface area contributed by atoms with Gasteiger partial charge in [0.05, 0.1) is 6.61 Å². The van der Waals surface area contributed by atoms with Crippen molar-refractivity contribution in [3.63, 3.8) is 0 Å². The third-order valence-electron chi connectivity index (χ3n) is 3.80. The van der Waals surface area contributed by atoms with Crippen LogP contribution in [0.4, 0.5) is 0 Å². The van der Waals surface area contributed by atoms with E-state index in [0.29, 0.717) is 11.8 Å². The van der Waals surface area contributed by atoms with Gasteiger partial charge in [0.15, 0.2) is 0 Å². The largest absolute Gasteiger partial charge is 0.461 e. The smallest absolute Gasteiger partial charge is 0.325 e. The highest BCUT2D eigenvalue weighted by atomic mass is 16.5. The Kier molecular flexibility index (Phi) is 3.82. The van der Waals surface area contributed by atoms with E-state index in [-0.39, 0.29) is 18.7 Å². The topological polar surface area (TPSA) is 61.5 Å². The molecule has 92 valence electrons. The zero-order valence-electron chi connectivity index (χ0n) is 9.85. The molecule has 4 nitrogen and oxygen atoms in total. The molecule has 4 heteroatoms. The minimum atomic E-state index is -0.623. The Balaban J connectivity index is 2.07. The summed E-state index contributed by atoms with van der Waals surface area (Å²) in [7, 11) is 0. The summed E-state index contributed by atoms with van der Waals surface area (Å²) in [5.41, 5.74) is 5.67. The predicted octanol–water partition coefficient (Wildman–Crippen LogP) is 1.08. The third-order valence-corrected chi connectivity index (χ3v) is 3.80. The van der Waals surface area contributed by atoms with E-state index in [1.807, 2.05) is 6.92 Å². The Morgan fingerprint density at radius 1 is 1.25 bits per heavy atom. The van der Waals surface area contributed by atoms with Crippen molar-refractivity contribution in [3.8, 4) is 0 Å². The summed E-state index contributed by atoms with van der Waals surface area (Å²) >= 11 is 0. The summed E-state index contributed by atoms with van der Waals surface area (Å²) < 4.78 is 10.9. The molecular weight excluding hydrogens is 206 g/mol. The number of carbonyl (C=O) groups is 1. The quantitative estimate of drug-likeness (QED) is 0.629. The highest BCUT2D eigenvalue weighted by Gasteiger charge is 2.34. The van der Waals surface area contributed by atoms with Crippen LogP contribution in [-0.2, 0) is 14.3 Å². The summed E-state index contributed by atoms with van der Waals surface area (Å²) in [6.07, 6.45) is 4.79. The molecule has 0 aromatic heterocycles. The van der Waals surface area contributed by atoms with E-state index in [0.717, 1.165) is 13.0 Å². The monoisotopic (exact) mass is 227 g/mol. The van der Waals surface area contributed by atoms with Crippen molar-refractivity contribution < 1.29 is 14.3 Å². The second-order valence-corrected chi connectivity index (χ2v) is 4.99. The fourth-order valence-electron chi connectivity index (χ4n) is 2.83. The minimum absolute atomic E-state index is 0.0226. The van der Waals surface area contributed by atoms with Gasteiger partial charge in [0, 0.05) is 12.5 Å². The minimum Gasteiger partial charge on any atom is -0.461 e. The van der Waals surface area contributed by atoms with Gasteiger partial charge in [-0.3, -0.25) is 4.79 Å². The van der Waals surface area contributed by atoms with Crippen molar-refractivity contribution in [2.45, 2.75) is 44.8 Å². The zero-order valence-corrected chi connectivity index (χ0v) is 9.85. The second kappa shape index (κ2) is 5.15. The second-order valence-electron chi connectivity index (χ2n) is 4.99. The van der Waals surface area contributed by atoms with Crippen molar-refractivity contribution in [2.75, 3.05) is 13.2 Å². The molecule has 0 aromatic rings. The molecule has 0 spiro atoms. The Morgan fingerprint density at radius 2 is 2.00 bits per heavy atom. The molecule has 4 atom stereocenters. The van der Waals surface area contributed by atoms with Crippen LogP contribution in [0.1, 0.15) is 32.6 Å². The molecule has 1 saturated carbocycles. The van der Waals surface area contributed by atoms with Crippen LogP contribution < -0.4 is 5.73 Å². The standard InChI is InChI=1S/C12H21NO3/c1-8-10-5-3-2-4-9(10)6-15-7-11(13)12(14)16-8/h8-11H,2-7,13H2,1H3/t8?,9-,10-,11-/m0/s1. The highest BCUT2D eigenvalue weighted by molar-refractivity contribution is 5.75. The highest BCUT2D eigenvalue weighted by Crippen LogP contribution is 2.34. The van der Waals surface area contributed by atoms with Crippen LogP contribution in [0.5, 0.6) is 0 Å². The molecule has 0 amide bonds. The van der Waals surface area contributed by atoms with Gasteiger partial charge in [0.25, 0.3) is 0 Å². The van der Waals surface area contributed by atoms with Gasteiger partial charge in [0.2, 0.25) is 0 Å². The van der Waals surface area contributed by atoms with Crippen LogP contribution >= 0.6 is 0 Å². The lowest BCUT2D eigenvalue weighted by molar-refractivity contribution is -0.153. The Morgan fingerprint density at radius 3 is 2.81 bits per heavy atom. The lowest BCUT2D eigenvalue weighted by atomic mass is 9.77. The van der Waals surface area contributed by atoms with Gasteiger partial charge >= 0.3 is 5.97 Å². The number of ether oxygens (including phenoxy) is 2. The molecule has 1 unspecified atom stereocenters. The molecule has 0 bridgehead atoms. The number of hydrogen-bond donors (Lipinski definition) is 1. The lowest BCUT2D eigenvalue weighted by Gasteiger charge is -2.34. The molecule has 2 fully saturated rings. The summed E-state index contributed by atoms with van der Waals surface area (Å²) in [5, 5.41) is 0. The Hall–Kier alpha value is -0.610. The van der Waals surface area contributed by atoms with Gasteiger partial charge in [0.1, 0.15) is 12.1 Å². The van der Waals surface area contributed by atoms with E-state index in [2.05, 4.69) is 0 Å². The van der Waals surface area contributed by atoms with Gasteiger partial charge < -0.3 is 15.2 Å². The van der Waals surface area contributed by atoms with E-state index >= 15 is 0 Å². The first-order valence-corrected chi connectivity index (χ1v) is 6.22. The van der Waals surface area contributed by atoms with Crippen LogP contribution in [0.2, 0.25) is 0 Å². The number of nitrogens with two attached hydrogens (primary N) is 1. The number of hydrogen-bond acceptors (Lipinski definition) is 4. The maximum Gasteiger partial charge on any atom is 0.325 e. The molecule has 2 aliphatic rings. The van der Waals surface area contributed by atoms with E-state index in [4.69, 9.17) is 15.2 Å². The van der Waals surface area contributed by atoms with Crippen molar-refractivity contribution in [3.05, 3.63) is 0 Å². The molecule has 1 heterocycles. The van der Waals surface area contributed by atoms with E-state index in [1.165, 1.54) is 19.3 Å². The predicted molar refractivity (Wildman–Crippen MR) is 59.8 cm³/mol. The van der Waals surface area contributed by atoms with Gasteiger partial charge in [-0.2, -0.15) is 0 Å². The molecule has 1 saturated heterocycles. The molecule has 1 aliphatic carbocycles. The van der Waals surface area contributed by atoms with Crippen LogP contribution in [0, 0.1) is 11.8 Å². The van der Waals surface area contributed by atoms with Gasteiger partial charge in [-0.25, -0.2) is 0 Å². The fourth-order valence-corrected chi connectivity index (χ4v) is 2.83. The maximum atomic E-state index is 11.6. The Bertz CT molecular complexity index is 257. The number of rotatable bonds is 0. The Labute approximate surface area is 96.5 Å². The van der Waals surface area contributed by atoms with Crippen LogP contribution in [0.25, 0.3) is 0 Å². The molecule has 1 aliphatic heterocycles.